The lowest BCUT2D eigenvalue weighted by Crippen LogP contribution is -2.18. The highest BCUT2D eigenvalue weighted by Gasteiger charge is 2.28. The minimum absolute atomic E-state index is 0.392. The number of hydrogen-bond acceptors (Lipinski definition) is 4. The molecular formula is C12H13N3O2. The van der Waals surface area contributed by atoms with Gasteiger partial charge in [0.05, 0.1) is 12.5 Å². The molecule has 1 aromatic rings. The summed E-state index contributed by atoms with van der Waals surface area (Å²) >= 11 is 0. The number of amides is 1. The molecule has 1 aliphatic heterocycles. The van der Waals surface area contributed by atoms with Crippen molar-refractivity contribution < 1.29 is 9.90 Å². The third kappa shape index (κ3) is 2.08. The van der Waals surface area contributed by atoms with Gasteiger partial charge in [0.1, 0.15) is 0 Å². The Balaban J connectivity index is 2.21. The maximum absolute atomic E-state index is 11.3. The van der Waals surface area contributed by atoms with E-state index in [-0.39, 0.29) is 0 Å². The Labute approximate surface area is 99.3 Å². The van der Waals surface area contributed by atoms with Gasteiger partial charge in [-0.2, -0.15) is 5.26 Å². The molecule has 1 heterocycles. The van der Waals surface area contributed by atoms with Crippen molar-refractivity contribution in [1.29, 1.82) is 5.26 Å². The molecular weight excluding hydrogens is 218 g/mol. The first-order valence-corrected chi connectivity index (χ1v) is 5.34. The van der Waals surface area contributed by atoms with E-state index in [9.17, 15) is 9.90 Å². The van der Waals surface area contributed by atoms with E-state index in [4.69, 9.17) is 5.26 Å². The van der Waals surface area contributed by atoms with Gasteiger partial charge in [0.15, 0.2) is 6.10 Å². The van der Waals surface area contributed by atoms with Gasteiger partial charge in [0, 0.05) is 30.5 Å². The van der Waals surface area contributed by atoms with E-state index < -0.39 is 12.0 Å². The molecule has 1 aromatic carbocycles. The smallest absolute Gasteiger partial charge is 0.257 e. The van der Waals surface area contributed by atoms with Gasteiger partial charge in [0.25, 0.3) is 5.91 Å². The molecule has 17 heavy (non-hydrogen) atoms. The lowest BCUT2D eigenvalue weighted by atomic mass is 10.1. The Morgan fingerprint density at radius 3 is 3.06 bits per heavy atom. The van der Waals surface area contributed by atoms with Crippen LogP contribution in [0.15, 0.2) is 18.2 Å². The van der Waals surface area contributed by atoms with Crippen molar-refractivity contribution in [2.45, 2.75) is 12.5 Å². The molecule has 0 saturated carbocycles. The summed E-state index contributed by atoms with van der Waals surface area (Å²) in [6, 6.07) is 7.46. The van der Waals surface area contributed by atoms with Gasteiger partial charge < -0.3 is 15.3 Å². The fourth-order valence-corrected chi connectivity index (χ4v) is 1.82. The van der Waals surface area contributed by atoms with Crippen molar-refractivity contribution in [3.05, 3.63) is 23.8 Å². The van der Waals surface area contributed by atoms with E-state index in [1.807, 2.05) is 18.0 Å². The zero-order valence-electron chi connectivity index (χ0n) is 9.47. The quantitative estimate of drug-likeness (QED) is 0.814. The van der Waals surface area contributed by atoms with Crippen LogP contribution >= 0.6 is 0 Å². The zero-order valence-corrected chi connectivity index (χ0v) is 9.47. The summed E-state index contributed by atoms with van der Waals surface area (Å²) in [6.45, 7) is 0.631. The maximum Gasteiger partial charge on any atom is 0.257 e. The molecule has 0 radical (unpaired) electrons. The molecule has 88 valence electrons. The Bertz CT molecular complexity index is 493. The van der Waals surface area contributed by atoms with Crippen LogP contribution in [0.3, 0.4) is 0 Å². The van der Waals surface area contributed by atoms with Gasteiger partial charge >= 0.3 is 0 Å². The third-order valence-electron chi connectivity index (χ3n) is 2.84. The van der Waals surface area contributed by atoms with Crippen LogP contribution in [0.2, 0.25) is 0 Å². The van der Waals surface area contributed by atoms with Gasteiger partial charge in [0.2, 0.25) is 0 Å². The van der Waals surface area contributed by atoms with Crippen LogP contribution in [-0.4, -0.2) is 24.6 Å². The highest BCUT2D eigenvalue weighted by Crippen LogP contribution is 2.33. The first-order valence-electron chi connectivity index (χ1n) is 5.34. The molecule has 0 bridgehead atoms. The van der Waals surface area contributed by atoms with Crippen molar-refractivity contribution in [2.24, 2.45) is 0 Å². The van der Waals surface area contributed by atoms with E-state index in [0.717, 1.165) is 5.69 Å². The monoisotopic (exact) mass is 231 g/mol. The predicted molar refractivity (Wildman–Crippen MR) is 63.5 cm³/mol. The van der Waals surface area contributed by atoms with Crippen LogP contribution in [0.1, 0.15) is 18.1 Å². The zero-order chi connectivity index (χ0) is 12.4. The Hall–Kier alpha value is -2.06. The van der Waals surface area contributed by atoms with Crippen LogP contribution < -0.4 is 10.2 Å². The fourth-order valence-electron chi connectivity index (χ4n) is 1.82. The van der Waals surface area contributed by atoms with E-state index >= 15 is 0 Å². The number of anilines is 2. The van der Waals surface area contributed by atoms with E-state index in [1.54, 1.807) is 12.1 Å². The second-order valence-corrected chi connectivity index (χ2v) is 3.99. The molecule has 5 heteroatoms. The highest BCUT2D eigenvalue weighted by molar-refractivity contribution is 6.02. The van der Waals surface area contributed by atoms with Crippen molar-refractivity contribution in [1.82, 2.24) is 0 Å². The number of aliphatic hydroxyl groups excluding tert-OH is 1. The summed E-state index contributed by atoms with van der Waals surface area (Å²) in [5.41, 5.74) is 2.16. The van der Waals surface area contributed by atoms with E-state index in [1.165, 1.54) is 0 Å². The molecule has 0 fully saturated rings. The summed E-state index contributed by atoms with van der Waals surface area (Å²) in [6.07, 6.45) is -0.619. The number of aliphatic hydroxyl groups is 1. The third-order valence-corrected chi connectivity index (χ3v) is 2.84. The number of fused-ring (bicyclic) bond motifs is 1. The molecule has 1 unspecified atom stereocenters. The molecule has 2 N–H and O–H groups in total. The lowest BCUT2D eigenvalue weighted by Gasteiger charge is -2.18. The van der Waals surface area contributed by atoms with Gasteiger partial charge in [-0.1, -0.05) is 6.07 Å². The summed E-state index contributed by atoms with van der Waals surface area (Å²) in [5.74, 6) is -0.392. The number of benzene rings is 1. The molecule has 1 amide bonds. The summed E-state index contributed by atoms with van der Waals surface area (Å²) in [7, 11) is 1.88. The number of carbonyl (C=O) groups excluding carboxylic acids is 1. The minimum Gasteiger partial charge on any atom is -0.378 e. The first kappa shape index (κ1) is 11.4. The first-order chi connectivity index (χ1) is 8.13. The number of carbonyl (C=O) groups is 1. The van der Waals surface area contributed by atoms with Crippen molar-refractivity contribution >= 4 is 17.3 Å². The maximum atomic E-state index is 11.3. The molecule has 1 aliphatic rings. The van der Waals surface area contributed by atoms with E-state index in [0.29, 0.717) is 24.2 Å². The van der Waals surface area contributed by atoms with Crippen molar-refractivity contribution in [3.8, 4) is 6.07 Å². The van der Waals surface area contributed by atoms with Crippen molar-refractivity contribution in [2.75, 3.05) is 23.8 Å². The Kier molecular flexibility index (Phi) is 2.98. The van der Waals surface area contributed by atoms with Gasteiger partial charge in [-0.05, 0) is 12.1 Å². The summed E-state index contributed by atoms with van der Waals surface area (Å²) in [5, 5.41) is 20.7. The summed E-state index contributed by atoms with van der Waals surface area (Å²) in [4.78, 5) is 13.2. The number of nitrogens with one attached hydrogen (secondary N) is 1. The molecule has 0 aromatic heterocycles. The van der Waals surface area contributed by atoms with Gasteiger partial charge in [-0.25, -0.2) is 0 Å². The van der Waals surface area contributed by atoms with Crippen LogP contribution in [0, 0.1) is 11.3 Å². The summed E-state index contributed by atoms with van der Waals surface area (Å²) < 4.78 is 0. The molecule has 1 atom stereocenters. The molecule has 5 nitrogen and oxygen atoms in total. The standard InChI is InChI=1S/C12H13N3O2/c1-15(6-2-5-13)8-3-4-9-10(7-8)14-12(17)11(9)16/h3-4,7,11,16H,2,6H2,1H3,(H,14,17). The predicted octanol–water partition coefficient (Wildman–Crippen LogP) is 1.02. The van der Waals surface area contributed by atoms with Crippen LogP contribution in [0.4, 0.5) is 11.4 Å². The second-order valence-electron chi connectivity index (χ2n) is 3.99. The number of nitrogens with zero attached hydrogens (tertiary/aromatic N) is 2. The average Bonchev–Trinajstić information content (AvgIpc) is 2.61. The minimum atomic E-state index is -1.07. The second kappa shape index (κ2) is 4.44. The largest absolute Gasteiger partial charge is 0.378 e. The highest BCUT2D eigenvalue weighted by atomic mass is 16.3. The van der Waals surface area contributed by atoms with Gasteiger partial charge in [-0.3, -0.25) is 4.79 Å². The van der Waals surface area contributed by atoms with Crippen molar-refractivity contribution in [3.63, 3.8) is 0 Å². The molecule has 2 rings (SSSR count). The van der Waals surface area contributed by atoms with Crippen LogP contribution in [0.25, 0.3) is 0 Å². The molecule has 0 saturated heterocycles. The fraction of sp³-hybridized carbons (Fsp3) is 0.333. The number of hydrogen-bond donors (Lipinski definition) is 2. The Morgan fingerprint density at radius 2 is 2.35 bits per heavy atom. The lowest BCUT2D eigenvalue weighted by molar-refractivity contribution is -0.123. The normalized spacial score (nSPS) is 17.2. The van der Waals surface area contributed by atoms with Gasteiger partial charge in [-0.15, -0.1) is 0 Å². The van der Waals surface area contributed by atoms with E-state index in [2.05, 4.69) is 11.4 Å². The number of nitriles is 1. The SMILES string of the molecule is CN(CCC#N)c1ccc2c(c1)NC(=O)C2O. The Morgan fingerprint density at radius 1 is 1.59 bits per heavy atom. The number of rotatable bonds is 3. The molecule has 0 aliphatic carbocycles. The van der Waals surface area contributed by atoms with Crippen LogP contribution in [-0.2, 0) is 4.79 Å². The molecule has 0 spiro atoms. The topological polar surface area (TPSA) is 76.4 Å². The van der Waals surface area contributed by atoms with Crippen LogP contribution in [0.5, 0.6) is 0 Å². The average molecular weight is 231 g/mol.